The predicted octanol–water partition coefficient (Wildman–Crippen LogP) is -1.06. The van der Waals surface area contributed by atoms with Crippen LogP contribution in [0.15, 0.2) is 0 Å². The Hall–Kier alpha value is -1.63. The molecule has 1 atom stereocenters. The third kappa shape index (κ3) is 2.62. The third-order valence-electron chi connectivity index (χ3n) is 4.59. The van der Waals surface area contributed by atoms with Crippen LogP contribution in [-0.4, -0.2) is 64.9 Å². The van der Waals surface area contributed by atoms with Gasteiger partial charge in [-0.05, 0) is 12.8 Å². The zero-order valence-corrected chi connectivity index (χ0v) is 12.5. The van der Waals surface area contributed by atoms with Gasteiger partial charge in [-0.25, -0.2) is 0 Å². The smallest absolute Gasteiger partial charge is 0.242 e. The average Bonchev–Trinajstić information content (AvgIpc) is 2.46. The summed E-state index contributed by atoms with van der Waals surface area (Å²) in [5.74, 6) is -0.745. The minimum absolute atomic E-state index is 0.0405. The Morgan fingerprint density at radius 2 is 1.90 bits per heavy atom. The molecule has 0 aromatic carbocycles. The van der Waals surface area contributed by atoms with E-state index < -0.39 is 24.0 Å². The van der Waals surface area contributed by atoms with E-state index in [2.05, 4.69) is 0 Å². The van der Waals surface area contributed by atoms with E-state index in [4.69, 9.17) is 10.8 Å². The maximum Gasteiger partial charge on any atom is 0.242 e. The largest absolute Gasteiger partial charge is 0.394 e. The van der Waals surface area contributed by atoms with Crippen molar-refractivity contribution in [2.75, 3.05) is 26.2 Å². The molecule has 3 amide bonds. The number of carbonyl (C=O) groups excluding carboxylic acids is 3. The number of aliphatic hydroxyl groups is 1. The number of likely N-dealkylation sites (tertiary alicyclic amines) is 2. The summed E-state index contributed by atoms with van der Waals surface area (Å²) < 4.78 is 0. The van der Waals surface area contributed by atoms with Crippen molar-refractivity contribution in [3.05, 3.63) is 0 Å². The number of nitrogens with two attached hydrogens (primary N) is 1. The standard InChI is InChI=1S/C14H23N3O4/c1-9(2)12(20)16-5-3-14(4-6-16)8-17(13(14)21)10(7-18)11(15)19/h9-10,18H,3-8H2,1-2H3,(H2,15,19)/t10-/m0/s1. The van der Waals surface area contributed by atoms with Gasteiger partial charge in [0.15, 0.2) is 0 Å². The number of aliphatic hydroxyl groups excluding tert-OH is 1. The molecule has 2 fully saturated rings. The quantitative estimate of drug-likeness (QED) is 0.645. The maximum atomic E-state index is 12.4. The normalized spacial score (nSPS) is 22.4. The molecule has 118 valence electrons. The van der Waals surface area contributed by atoms with Crippen LogP contribution in [-0.2, 0) is 14.4 Å². The van der Waals surface area contributed by atoms with E-state index in [0.29, 0.717) is 32.5 Å². The summed E-state index contributed by atoms with van der Waals surface area (Å²) >= 11 is 0. The van der Waals surface area contributed by atoms with Crippen molar-refractivity contribution < 1.29 is 19.5 Å². The Balaban J connectivity index is 1.96. The molecule has 0 radical (unpaired) electrons. The van der Waals surface area contributed by atoms with E-state index in [1.807, 2.05) is 13.8 Å². The van der Waals surface area contributed by atoms with Gasteiger partial charge in [0.25, 0.3) is 0 Å². The number of hydrogen-bond donors (Lipinski definition) is 2. The van der Waals surface area contributed by atoms with E-state index in [9.17, 15) is 14.4 Å². The van der Waals surface area contributed by atoms with Gasteiger partial charge in [-0.2, -0.15) is 0 Å². The van der Waals surface area contributed by atoms with Crippen LogP contribution >= 0.6 is 0 Å². The van der Waals surface area contributed by atoms with Gasteiger partial charge in [0.05, 0.1) is 12.0 Å². The molecular weight excluding hydrogens is 274 g/mol. The van der Waals surface area contributed by atoms with Gasteiger partial charge in [0.1, 0.15) is 6.04 Å². The Morgan fingerprint density at radius 1 is 1.33 bits per heavy atom. The van der Waals surface area contributed by atoms with E-state index >= 15 is 0 Å². The van der Waals surface area contributed by atoms with E-state index in [1.165, 1.54) is 4.90 Å². The first kappa shape index (κ1) is 15.8. The van der Waals surface area contributed by atoms with Crippen LogP contribution in [0.3, 0.4) is 0 Å². The molecule has 0 unspecified atom stereocenters. The predicted molar refractivity (Wildman–Crippen MR) is 74.9 cm³/mol. The lowest BCUT2D eigenvalue weighted by molar-refractivity contribution is -0.175. The number of hydrogen-bond acceptors (Lipinski definition) is 4. The highest BCUT2D eigenvalue weighted by atomic mass is 16.3. The summed E-state index contributed by atoms with van der Waals surface area (Å²) in [6.07, 6.45) is 1.22. The SMILES string of the molecule is CC(C)C(=O)N1CCC2(CC1)CN([C@@H](CO)C(N)=O)C2=O. The summed E-state index contributed by atoms with van der Waals surface area (Å²) in [6, 6.07) is -0.932. The Bertz CT molecular complexity index is 455. The van der Waals surface area contributed by atoms with E-state index in [-0.39, 0.29) is 17.7 Å². The number of primary amides is 1. The number of piperidine rings is 1. The summed E-state index contributed by atoms with van der Waals surface area (Å²) in [4.78, 5) is 38.7. The Labute approximate surface area is 124 Å². The fourth-order valence-corrected chi connectivity index (χ4v) is 3.17. The molecule has 21 heavy (non-hydrogen) atoms. The van der Waals surface area contributed by atoms with Crippen molar-refractivity contribution in [3.8, 4) is 0 Å². The molecule has 2 rings (SSSR count). The van der Waals surface area contributed by atoms with Crippen molar-refractivity contribution in [1.82, 2.24) is 9.80 Å². The second-order valence-corrected chi connectivity index (χ2v) is 6.29. The first-order chi connectivity index (χ1) is 9.82. The molecule has 0 aromatic rings. The second kappa shape index (κ2) is 5.63. The zero-order valence-electron chi connectivity index (χ0n) is 12.5. The van der Waals surface area contributed by atoms with Crippen LogP contribution in [0.5, 0.6) is 0 Å². The fourth-order valence-electron chi connectivity index (χ4n) is 3.17. The van der Waals surface area contributed by atoms with Gasteiger partial charge >= 0.3 is 0 Å². The van der Waals surface area contributed by atoms with Crippen molar-refractivity contribution in [2.24, 2.45) is 17.1 Å². The molecule has 2 heterocycles. The summed E-state index contributed by atoms with van der Waals surface area (Å²) in [5, 5.41) is 9.16. The fraction of sp³-hybridized carbons (Fsp3) is 0.786. The van der Waals surface area contributed by atoms with Crippen LogP contribution in [0.1, 0.15) is 26.7 Å². The highest BCUT2D eigenvalue weighted by Gasteiger charge is 2.55. The van der Waals surface area contributed by atoms with Gasteiger partial charge in [-0.1, -0.05) is 13.8 Å². The van der Waals surface area contributed by atoms with E-state index in [0.717, 1.165) is 0 Å². The molecule has 2 aliphatic rings. The molecule has 3 N–H and O–H groups in total. The minimum Gasteiger partial charge on any atom is -0.394 e. The van der Waals surface area contributed by atoms with Gasteiger partial charge in [-0.15, -0.1) is 0 Å². The number of β-lactam (4-membered cyclic amide) rings is 1. The molecule has 0 bridgehead atoms. The highest BCUT2D eigenvalue weighted by molar-refractivity contribution is 5.94. The molecule has 0 saturated carbocycles. The average molecular weight is 297 g/mol. The summed E-state index contributed by atoms with van der Waals surface area (Å²) in [5.41, 5.74) is 4.71. The van der Waals surface area contributed by atoms with Gasteiger partial charge < -0.3 is 20.6 Å². The number of nitrogens with zero attached hydrogens (tertiary/aromatic N) is 2. The van der Waals surface area contributed by atoms with Crippen LogP contribution in [0.4, 0.5) is 0 Å². The zero-order chi connectivity index (χ0) is 15.8. The molecule has 7 heteroatoms. The molecule has 2 saturated heterocycles. The van der Waals surface area contributed by atoms with Crippen LogP contribution < -0.4 is 5.73 Å². The van der Waals surface area contributed by atoms with Gasteiger partial charge in [0, 0.05) is 25.6 Å². The molecular formula is C14H23N3O4. The third-order valence-corrected chi connectivity index (χ3v) is 4.59. The first-order valence-electron chi connectivity index (χ1n) is 7.32. The van der Waals surface area contributed by atoms with Crippen LogP contribution in [0.25, 0.3) is 0 Å². The minimum atomic E-state index is -0.932. The first-order valence-corrected chi connectivity index (χ1v) is 7.32. The molecule has 2 aliphatic heterocycles. The van der Waals surface area contributed by atoms with E-state index in [1.54, 1.807) is 4.90 Å². The monoisotopic (exact) mass is 297 g/mol. The number of carbonyl (C=O) groups is 3. The highest BCUT2D eigenvalue weighted by Crippen LogP contribution is 2.42. The summed E-state index contributed by atoms with van der Waals surface area (Å²) in [6.45, 7) is 4.84. The summed E-state index contributed by atoms with van der Waals surface area (Å²) in [7, 11) is 0. The molecule has 1 spiro atoms. The molecule has 0 aliphatic carbocycles. The van der Waals surface area contributed by atoms with Crippen molar-refractivity contribution in [2.45, 2.75) is 32.7 Å². The van der Waals surface area contributed by atoms with Crippen molar-refractivity contribution in [1.29, 1.82) is 0 Å². The lowest BCUT2D eigenvalue weighted by Gasteiger charge is -2.54. The van der Waals surface area contributed by atoms with Gasteiger partial charge in [0.2, 0.25) is 17.7 Å². The lowest BCUT2D eigenvalue weighted by Crippen LogP contribution is -2.69. The second-order valence-electron chi connectivity index (χ2n) is 6.29. The van der Waals surface area contributed by atoms with Crippen molar-refractivity contribution >= 4 is 17.7 Å². The lowest BCUT2D eigenvalue weighted by atomic mass is 9.70. The van der Waals surface area contributed by atoms with Crippen LogP contribution in [0, 0.1) is 11.3 Å². The number of amides is 3. The van der Waals surface area contributed by atoms with Crippen LogP contribution in [0.2, 0.25) is 0 Å². The Morgan fingerprint density at radius 3 is 2.29 bits per heavy atom. The topological polar surface area (TPSA) is 104 Å². The maximum absolute atomic E-state index is 12.4. The molecule has 0 aromatic heterocycles. The number of rotatable bonds is 4. The van der Waals surface area contributed by atoms with Crippen molar-refractivity contribution in [3.63, 3.8) is 0 Å². The Kier molecular flexibility index (Phi) is 4.22. The van der Waals surface area contributed by atoms with Gasteiger partial charge in [-0.3, -0.25) is 14.4 Å². The molecule has 7 nitrogen and oxygen atoms in total.